The quantitative estimate of drug-likeness (QED) is 0.163. The summed E-state index contributed by atoms with van der Waals surface area (Å²) in [7, 11) is 0. The summed E-state index contributed by atoms with van der Waals surface area (Å²) in [6.07, 6.45) is 9.41. The van der Waals surface area contributed by atoms with Gasteiger partial charge in [0.25, 0.3) is 6.71 Å². The number of anilines is 6. The molecule has 0 amide bonds. The molecule has 4 heteroatoms. The summed E-state index contributed by atoms with van der Waals surface area (Å²) in [5.74, 6) is 0. The zero-order valence-electron chi connectivity index (χ0n) is 53.4. The Bertz CT molecular complexity index is 4060. The topological polar surface area (TPSA) is 6.48 Å². The fraction of sp³-hybridized carbons (Fsp3) is 0.462. The maximum atomic E-state index is 2.85. The number of rotatable bonds is 3. The number of benzene rings is 7. The van der Waals surface area contributed by atoms with Gasteiger partial charge in [0.15, 0.2) is 0 Å². The van der Waals surface area contributed by atoms with Crippen molar-refractivity contribution in [3.8, 4) is 11.1 Å². The fourth-order valence-corrected chi connectivity index (χ4v) is 18.0. The van der Waals surface area contributed by atoms with E-state index in [0.29, 0.717) is 0 Å². The standard InChI is InChI=1S/C78H91BN2S/c1-70(2,3)49-37-64-67-65(38-49)81(62-43-58-55(73(8,9)30-33-76(58,14)15)40-51(62)48-25-24-46-22-20-21-23-47(46)36-48)63-44-59-57(75(12,13)32-34-77(59,16)17)42-61(63)79(67)69-68(52-41-56-60(45-66(52)82-69)78(18,19)35-31-74(56,10)11)80(64)50-26-27-53-54(39-50)72(6,7)29-28-71(53,4)5/h20-27,36-45H,28-35H2,1-19H3. The third-order valence-corrected chi connectivity index (χ3v) is 24.0. The molecule has 0 spiro atoms. The molecular weight excluding hydrogens is 1010 g/mol. The molecule has 7 aromatic carbocycles. The monoisotopic (exact) mass is 1100 g/mol. The van der Waals surface area contributed by atoms with Gasteiger partial charge in [-0.3, -0.25) is 0 Å². The minimum absolute atomic E-state index is 0.00289. The summed E-state index contributed by atoms with van der Waals surface area (Å²) in [6, 6.07) is 45.6. The number of nitrogens with zero attached hydrogens (tertiary/aromatic N) is 2. The van der Waals surface area contributed by atoms with E-state index in [1.165, 1.54) is 165 Å². The first-order valence-electron chi connectivity index (χ1n) is 31.6. The van der Waals surface area contributed by atoms with Gasteiger partial charge in [-0.15, -0.1) is 11.3 Å². The molecule has 0 fully saturated rings. The van der Waals surface area contributed by atoms with Gasteiger partial charge in [0.2, 0.25) is 0 Å². The second-order valence-electron chi connectivity index (χ2n) is 33.2. The summed E-state index contributed by atoms with van der Waals surface area (Å²) >= 11 is 2.11. The van der Waals surface area contributed by atoms with E-state index in [0.717, 1.165) is 12.8 Å². The van der Waals surface area contributed by atoms with Gasteiger partial charge in [0.1, 0.15) is 0 Å². The van der Waals surface area contributed by atoms with Gasteiger partial charge in [-0.2, -0.15) is 0 Å². The van der Waals surface area contributed by atoms with Crippen LogP contribution in [0.1, 0.15) is 233 Å². The lowest BCUT2D eigenvalue weighted by atomic mass is 9.35. The summed E-state index contributed by atoms with van der Waals surface area (Å²) in [5.41, 5.74) is 27.2. The van der Waals surface area contributed by atoms with Gasteiger partial charge < -0.3 is 9.80 Å². The predicted octanol–water partition coefficient (Wildman–Crippen LogP) is 20.5. The van der Waals surface area contributed by atoms with Crippen molar-refractivity contribution < 1.29 is 0 Å². The second kappa shape index (κ2) is 17.1. The molecule has 82 heavy (non-hydrogen) atoms. The van der Waals surface area contributed by atoms with Crippen molar-refractivity contribution in [1.82, 2.24) is 0 Å². The van der Waals surface area contributed by atoms with Gasteiger partial charge in [0, 0.05) is 43.2 Å². The van der Waals surface area contributed by atoms with Gasteiger partial charge in [-0.05, 0) is 238 Å². The highest BCUT2D eigenvalue weighted by Gasteiger charge is 2.51. The van der Waals surface area contributed by atoms with Crippen molar-refractivity contribution in [2.45, 2.75) is 232 Å². The lowest BCUT2D eigenvalue weighted by molar-refractivity contribution is 0.332. The maximum absolute atomic E-state index is 2.85. The Balaban J connectivity index is 1.17. The van der Waals surface area contributed by atoms with E-state index in [-0.39, 0.29) is 55.4 Å². The van der Waals surface area contributed by atoms with Crippen LogP contribution in [0.4, 0.5) is 34.1 Å². The average Bonchev–Trinajstić information content (AvgIpc) is 1.33. The zero-order chi connectivity index (χ0) is 58.2. The largest absolute Gasteiger partial charge is 0.311 e. The van der Waals surface area contributed by atoms with E-state index < -0.39 is 0 Å². The maximum Gasteiger partial charge on any atom is 0.264 e. The smallest absolute Gasteiger partial charge is 0.264 e. The number of thiophene rings is 1. The van der Waals surface area contributed by atoms with Crippen LogP contribution in [-0.2, 0) is 48.7 Å². The normalized spacial score (nSPS) is 21.4. The van der Waals surface area contributed by atoms with Gasteiger partial charge in [-0.25, -0.2) is 0 Å². The molecule has 6 aliphatic rings. The molecule has 0 bridgehead atoms. The van der Waals surface area contributed by atoms with Gasteiger partial charge in [-0.1, -0.05) is 180 Å². The summed E-state index contributed by atoms with van der Waals surface area (Å²) in [6.45, 7) is 47.6. The zero-order valence-corrected chi connectivity index (χ0v) is 54.2. The van der Waals surface area contributed by atoms with Crippen molar-refractivity contribution in [2.24, 2.45) is 0 Å². The van der Waals surface area contributed by atoms with Crippen molar-refractivity contribution in [3.63, 3.8) is 0 Å². The third-order valence-electron chi connectivity index (χ3n) is 22.8. The SMILES string of the molecule is CC(C)(C)c1cc2c3c(c1)N(c1ccc4c(c1)C(C)(C)CCC4(C)C)c1c(sc4cc5c(cc14)C(C)(C)CCC5(C)C)B3c1cc3c(cc1N2c1cc2c(cc1-c1ccc4ccccc4c1)C(C)(C)CCC2(C)C)C(C)(C)CCC3(C)C. The van der Waals surface area contributed by atoms with E-state index >= 15 is 0 Å². The predicted molar refractivity (Wildman–Crippen MR) is 359 cm³/mol. The van der Waals surface area contributed by atoms with Crippen LogP contribution in [-0.4, -0.2) is 6.71 Å². The first-order chi connectivity index (χ1) is 38.2. The Kier molecular flexibility index (Phi) is 11.3. The molecule has 14 rings (SSSR count). The van der Waals surface area contributed by atoms with Crippen LogP contribution in [0, 0.1) is 0 Å². The van der Waals surface area contributed by atoms with E-state index in [9.17, 15) is 0 Å². The second-order valence-corrected chi connectivity index (χ2v) is 34.3. The van der Waals surface area contributed by atoms with Crippen molar-refractivity contribution in [2.75, 3.05) is 9.80 Å². The summed E-state index contributed by atoms with van der Waals surface area (Å²) < 4.78 is 2.91. The Hall–Kier alpha value is -5.58. The molecule has 8 aromatic rings. The average molecular weight is 1100 g/mol. The summed E-state index contributed by atoms with van der Waals surface area (Å²) in [4.78, 5) is 5.67. The first kappa shape index (κ1) is 54.4. The molecule has 0 radical (unpaired) electrons. The van der Waals surface area contributed by atoms with Crippen LogP contribution < -0.4 is 25.5 Å². The molecule has 1 aromatic heterocycles. The van der Waals surface area contributed by atoms with E-state index in [1.54, 1.807) is 5.56 Å². The lowest BCUT2D eigenvalue weighted by Crippen LogP contribution is -2.61. The molecule has 0 N–H and O–H groups in total. The van der Waals surface area contributed by atoms with Crippen molar-refractivity contribution >= 4 is 88.7 Å². The Morgan fingerprint density at radius 2 is 0.866 bits per heavy atom. The van der Waals surface area contributed by atoms with Crippen LogP contribution in [0.2, 0.25) is 0 Å². The van der Waals surface area contributed by atoms with Crippen LogP contribution in [0.25, 0.3) is 32.0 Å². The fourth-order valence-electron chi connectivity index (χ4n) is 16.7. The molecule has 0 unspecified atom stereocenters. The Morgan fingerprint density at radius 1 is 0.402 bits per heavy atom. The summed E-state index contributed by atoms with van der Waals surface area (Å²) in [5, 5.41) is 3.98. The van der Waals surface area contributed by atoms with Gasteiger partial charge in [0.05, 0.1) is 11.4 Å². The van der Waals surface area contributed by atoms with Crippen molar-refractivity contribution in [1.29, 1.82) is 0 Å². The minimum atomic E-state index is -0.156. The van der Waals surface area contributed by atoms with Gasteiger partial charge >= 0.3 is 0 Å². The highest BCUT2D eigenvalue weighted by atomic mass is 32.1. The van der Waals surface area contributed by atoms with E-state index in [2.05, 4.69) is 262 Å². The molecular formula is C78H91BN2S. The molecule has 3 heterocycles. The molecule has 0 atom stereocenters. The van der Waals surface area contributed by atoms with E-state index in [1.807, 2.05) is 0 Å². The van der Waals surface area contributed by atoms with Crippen LogP contribution >= 0.6 is 11.3 Å². The molecule has 2 aliphatic heterocycles. The molecule has 422 valence electrons. The number of hydrogen-bond donors (Lipinski definition) is 0. The lowest BCUT2D eigenvalue weighted by Gasteiger charge is -2.48. The third kappa shape index (κ3) is 7.90. The molecule has 0 saturated carbocycles. The highest BCUT2D eigenvalue weighted by Crippen LogP contribution is 2.58. The molecule has 0 saturated heterocycles. The Labute approximate surface area is 497 Å². The van der Waals surface area contributed by atoms with Crippen LogP contribution in [0.3, 0.4) is 0 Å². The molecule has 2 nitrogen and oxygen atoms in total. The number of hydrogen-bond acceptors (Lipinski definition) is 3. The highest BCUT2D eigenvalue weighted by molar-refractivity contribution is 7.33. The van der Waals surface area contributed by atoms with E-state index in [4.69, 9.17) is 0 Å². The Morgan fingerprint density at radius 3 is 1.43 bits per heavy atom. The first-order valence-corrected chi connectivity index (χ1v) is 32.4. The number of fused-ring (bicyclic) bond motifs is 11. The van der Waals surface area contributed by atoms with Crippen LogP contribution in [0.15, 0.2) is 109 Å². The minimum Gasteiger partial charge on any atom is -0.311 e. The van der Waals surface area contributed by atoms with Crippen molar-refractivity contribution in [3.05, 3.63) is 159 Å². The van der Waals surface area contributed by atoms with Crippen LogP contribution in [0.5, 0.6) is 0 Å². The molecule has 4 aliphatic carbocycles.